The van der Waals surface area contributed by atoms with Gasteiger partial charge >= 0.3 is 0 Å². The molecule has 0 saturated carbocycles. The lowest BCUT2D eigenvalue weighted by atomic mass is 9.96. The van der Waals surface area contributed by atoms with Gasteiger partial charge in [-0.05, 0) is 23.8 Å². The molecule has 3 aromatic rings. The van der Waals surface area contributed by atoms with Gasteiger partial charge in [0.2, 0.25) is 5.91 Å². The van der Waals surface area contributed by atoms with Gasteiger partial charge in [0.05, 0.1) is 5.69 Å². The number of nitrogens with one attached hydrogen (secondary N) is 1. The summed E-state index contributed by atoms with van der Waals surface area (Å²) in [5.74, 6) is -0.0192. The molecule has 1 N–H and O–H groups in total. The Bertz CT molecular complexity index is 1100. The normalized spacial score (nSPS) is 24.0. The molecular weight excluding hydrogens is 410 g/mol. The molecule has 2 atom stereocenters. The van der Waals surface area contributed by atoms with E-state index in [-0.39, 0.29) is 11.2 Å². The van der Waals surface area contributed by atoms with E-state index in [4.69, 9.17) is 4.99 Å². The average molecular weight is 432 g/mol. The number of hydrazine groups is 1. The molecule has 2 heterocycles. The molecule has 0 radical (unpaired) electrons. The van der Waals surface area contributed by atoms with Gasteiger partial charge in [-0.25, -0.2) is 10.0 Å². The SMILES string of the molecule is CC(=O)N1NC(=Nc2ccccc2)S[C@@]12C[C@@H](c1ccccc1)Sc1ccccc12. The first-order valence-corrected chi connectivity index (χ1v) is 11.6. The molecule has 1 fully saturated rings. The fourth-order valence-corrected chi connectivity index (χ4v) is 7.05. The van der Waals surface area contributed by atoms with E-state index >= 15 is 0 Å². The van der Waals surface area contributed by atoms with Crippen LogP contribution in [0.3, 0.4) is 0 Å². The van der Waals surface area contributed by atoms with Gasteiger partial charge in [0, 0.05) is 29.1 Å². The van der Waals surface area contributed by atoms with Crippen molar-refractivity contribution in [3.8, 4) is 0 Å². The van der Waals surface area contributed by atoms with Crippen LogP contribution in [0, 0.1) is 0 Å². The van der Waals surface area contributed by atoms with Crippen LogP contribution in [-0.4, -0.2) is 16.1 Å². The molecule has 4 nitrogen and oxygen atoms in total. The van der Waals surface area contributed by atoms with Crippen LogP contribution in [0.1, 0.15) is 29.7 Å². The highest BCUT2D eigenvalue weighted by atomic mass is 32.2. The van der Waals surface area contributed by atoms with E-state index in [1.54, 1.807) is 23.7 Å². The Morgan fingerprint density at radius 1 is 1.00 bits per heavy atom. The minimum absolute atomic E-state index is 0.0192. The molecule has 0 aliphatic carbocycles. The van der Waals surface area contributed by atoms with Gasteiger partial charge in [0.15, 0.2) is 5.17 Å². The first-order chi connectivity index (χ1) is 14.7. The van der Waals surface area contributed by atoms with Crippen molar-refractivity contribution >= 4 is 40.3 Å². The maximum absolute atomic E-state index is 12.8. The van der Waals surface area contributed by atoms with Crippen molar-refractivity contribution in [1.29, 1.82) is 0 Å². The third-order valence-electron chi connectivity index (χ3n) is 5.35. The van der Waals surface area contributed by atoms with Crippen molar-refractivity contribution in [3.05, 3.63) is 96.1 Å². The lowest BCUT2D eigenvalue weighted by Gasteiger charge is -2.42. The molecule has 1 spiro atoms. The fourth-order valence-electron chi connectivity index (χ4n) is 4.03. The Labute approximate surface area is 184 Å². The highest BCUT2D eigenvalue weighted by molar-refractivity contribution is 8.15. The van der Waals surface area contributed by atoms with Crippen LogP contribution in [-0.2, 0) is 9.67 Å². The fraction of sp³-hybridized carbons (Fsp3) is 0.167. The summed E-state index contributed by atoms with van der Waals surface area (Å²) in [6.45, 7) is 1.61. The molecule has 2 aliphatic heterocycles. The van der Waals surface area contributed by atoms with Gasteiger partial charge in [-0.15, -0.1) is 11.8 Å². The summed E-state index contributed by atoms with van der Waals surface area (Å²) in [7, 11) is 0. The minimum atomic E-state index is -0.540. The van der Waals surface area contributed by atoms with Crippen LogP contribution < -0.4 is 5.43 Å². The Balaban J connectivity index is 1.61. The number of nitrogens with zero attached hydrogens (tertiary/aromatic N) is 2. The van der Waals surface area contributed by atoms with Gasteiger partial charge in [0.1, 0.15) is 4.87 Å². The summed E-state index contributed by atoms with van der Waals surface area (Å²) in [6, 6.07) is 28.8. The number of amidine groups is 1. The number of carbonyl (C=O) groups excluding carboxylic acids is 1. The summed E-state index contributed by atoms with van der Waals surface area (Å²) >= 11 is 3.51. The zero-order valence-electron chi connectivity index (χ0n) is 16.5. The average Bonchev–Trinajstić information content (AvgIpc) is 3.13. The van der Waals surface area contributed by atoms with Crippen molar-refractivity contribution in [2.24, 2.45) is 4.99 Å². The quantitative estimate of drug-likeness (QED) is 0.552. The van der Waals surface area contributed by atoms with E-state index in [0.717, 1.165) is 22.8 Å². The number of rotatable bonds is 2. The molecule has 6 heteroatoms. The maximum Gasteiger partial charge on any atom is 0.239 e. The molecule has 150 valence electrons. The number of carbonyl (C=O) groups is 1. The molecule has 0 unspecified atom stereocenters. The van der Waals surface area contributed by atoms with Crippen molar-refractivity contribution in [3.63, 3.8) is 0 Å². The largest absolute Gasteiger partial charge is 0.273 e. The monoisotopic (exact) mass is 431 g/mol. The van der Waals surface area contributed by atoms with Gasteiger partial charge in [-0.3, -0.25) is 10.2 Å². The lowest BCUT2D eigenvalue weighted by Crippen LogP contribution is -2.50. The predicted octanol–water partition coefficient (Wildman–Crippen LogP) is 5.86. The Morgan fingerprint density at radius 3 is 2.40 bits per heavy atom. The molecule has 1 saturated heterocycles. The van der Waals surface area contributed by atoms with Crippen molar-refractivity contribution in [1.82, 2.24) is 10.4 Å². The van der Waals surface area contributed by atoms with Crippen LogP contribution in [0.15, 0.2) is 94.8 Å². The zero-order valence-corrected chi connectivity index (χ0v) is 18.1. The molecule has 0 bridgehead atoms. The first-order valence-electron chi connectivity index (χ1n) is 9.87. The number of thioether (sulfide) groups is 2. The van der Waals surface area contributed by atoms with Crippen molar-refractivity contribution in [2.75, 3.05) is 0 Å². The summed E-state index contributed by atoms with van der Waals surface area (Å²) in [5.41, 5.74) is 6.60. The molecule has 1 amide bonds. The smallest absolute Gasteiger partial charge is 0.239 e. The third kappa shape index (κ3) is 3.40. The molecule has 30 heavy (non-hydrogen) atoms. The Morgan fingerprint density at radius 2 is 1.67 bits per heavy atom. The Hall–Kier alpha value is -2.70. The summed E-state index contributed by atoms with van der Waals surface area (Å²) in [5, 5.41) is 2.76. The number of para-hydroxylation sites is 1. The van der Waals surface area contributed by atoms with E-state index in [0.29, 0.717) is 0 Å². The molecule has 3 aromatic carbocycles. The highest BCUT2D eigenvalue weighted by Crippen LogP contribution is 2.59. The Kier molecular flexibility index (Phi) is 5.05. The number of aliphatic imine (C=N–C) groups is 1. The lowest BCUT2D eigenvalue weighted by molar-refractivity contribution is -0.134. The first kappa shape index (κ1) is 19.3. The third-order valence-corrected chi connectivity index (χ3v) is 7.96. The van der Waals surface area contributed by atoms with E-state index in [2.05, 4.69) is 54.0 Å². The predicted molar refractivity (Wildman–Crippen MR) is 125 cm³/mol. The summed E-state index contributed by atoms with van der Waals surface area (Å²) in [6.07, 6.45) is 0.795. The highest BCUT2D eigenvalue weighted by Gasteiger charge is 2.53. The number of benzene rings is 3. The van der Waals surface area contributed by atoms with Crippen molar-refractivity contribution < 1.29 is 4.79 Å². The van der Waals surface area contributed by atoms with Gasteiger partial charge in [0.25, 0.3) is 0 Å². The van der Waals surface area contributed by atoms with E-state index in [1.807, 2.05) is 48.2 Å². The zero-order chi connectivity index (χ0) is 20.6. The summed E-state index contributed by atoms with van der Waals surface area (Å²) < 4.78 is 0. The van der Waals surface area contributed by atoms with Crippen LogP contribution in [0.2, 0.25) is 0 Å². The van der Waals surface area contributed by atoms with Crippen LogP contribution in [0.25, 0.3) is 0 Å². The van der Waals surface area contributed by atoms with Crippen LogP contribution in [0.4, 0.5) is 5.69 Å². The van der Waals surface area contributed by atoms with Gasteiger partial charge < -0.3 is 0 Å². The second-order valence-corrected chi connectivity index (χ2v) is 9.83. The second-order valence-electron chi connectivity index (χ2n) is 7.32. The summed E-state index contributed by atoms with van der Waals surface area (Å²) in [4.78, 5) is 18.2. The van der Waals surface area contributed by atoms with Crippen LogP contribution in [0.5, 0.6) is 0 Å². The maximum atomic E-state index is 12.8. The molecular formula is C24H21N3OS2. The standard InChI is InChI=1S/C24H21N3OS2/c1-17(28)27-24(30-23(26-27)25-19-12-6-3-7-13-19)16-22(18-10-4-2-5-11-18)29-21-15-9-8-14-20(21)24/h2-15,22H,16H2,1H3,(H,25,26)/t22-,24+/m0/s1. The van der Waals surface area contributed by atoms with Gasteiger partial charge in [-0.1, -0.05) is 78.5 Å². The van der Waals surface area contributed by atoms with Gasteiger partial charge in [-0.2, -0.15) is 0 Å². The molecule has 0 aromatic heterocycles. The van der Waals surface area contributed by atoms with E-state index in [1.165, 1.54) is 10.5 Å². The molecule has 2 aliphatic rings. The van der Waals surface area contributed by atoms with E-state index < -0.39 is 4.87 Å². The number of fused-ring (bicyclic) bond motifs is 2. The van der Waals surface area contributed by atoms with Crippen LogP contribution >= 0.6 is 23.5 Å². The second kappa shape index (κ2) is 7.85. The van der Waals surface area contributed by atoms with Crippen molar-refractivity contribution in [2.45, 2.75) is 28.4 Å². The number of hydrogen-bond acceptors (Lipinski definition) is 4. The number of hydrogen-bond donors (Lipinski definition) is 1. The topological polar surface area (TPSA) is 44.7 Å². The number of amides is 1. The minimum Gasteiger partial charge on any atom is -0.273 e. The molecule has 5 rings (SSSR count). The van der Waals surface area contributed by atoms with E-state index in [9.17, 15) is 4.79 Å².